The number of hydrogen-bond acceptors (Lipinski definition) is 6. The molecule has 0 saturated carbocycles. The van der Waals surface area contributed by atoms with Crippen molar-refractivity contribution in [2.24, 2.45) is 0 Å². The number of rotatable bonds is 8. The first-order valence-electron chi connectivity index (χ1n) is 12.5. The Bertz CT molecular complexity index is 1490. The van der Waals surface area contributed by atoms with Crippen LogP contribution in [0.4, 0.5) is 11.5 Å². The first-order valence-corrected chi connectivity index (χ1v) is 12.5. The number of nitrogens with zero attached hydrogens (tertiary/aromatic N) is 2. The second kappa shape index (κ2) is 13.1. The van der Waals surface area contributed by atoms with E-state index in [1.807, 2.05) is 45.0 Å². The van der Waals surface area contributed by atoms with Crippen LogP contribution >= 0.6 is 0 Å². The van der Waals surface area contributed by atoms with Gasteiger partial charge in [0.15, 0.2) is 0 Å². The van der Waals surface area contributed by atoms with E-state index in [0.717, 1.165) is 11.1 Å². The third kappa shape index (κ3) is 6.79. The van der Waals surface area contributed by atoms with Crippen LogP contribution in [0.2, 0.25) is 0 Å². The third-order valence-corrected chi connectivity index (χ3v) is 5.67. The number of carbonyl (C=O) groups is 1. The average molecular weight is 516 g/mol. The highest BCUT2D eigenvalue weighted by atomic mass is 16.5. The molecule has 0 unspecified atom stereocenters. The zero-order valence-corrected chi connectivity index (χ0v) is 22.4. The van der Waals surface area contributed by atoms with Crippen LogP contribution in [0.1, 0.15) is 42.3 Å². The molecule has 1 heterocycles. The molecule has 38 heavy (non-hydrogen) atoms. The van der Waals surface area contributed by atoms with Gasteiger partial charge in [0, 0.05) is 18.3 Å². The maximum atomic E-state index is 13.1. The Kier molecular flexibility index (Phi) is 9.65. The Labute approximate surface area is 222 Å². The van der Waals surface area contributed by atoms with Crippen LogP contribution in [0.5, 0.6) is 11.5 Å². The largest absolute Gasteiger partial charge is 0.465 e. The molecule has 0 amide bonds. The molecule has 8 nitrogen and oxygen atoms in total. The Morgan fingerprint density at radius 2 is 1.55 bits per heavy atom. The normalized spacial score (nSPS) is 10.2. The SMILES string of the molecule is CC.CCn1c(=O)cc(Nc2ccc(Oc3cccc(C(=O)OC)c3)cc2)n(Cc2ccc(C)cc2)c1=O. The van der Waals surface area contributed by atoms with Crippen LogP contribution in [-0.2, 0) is 17.8 Å². The zero-order chi connectivity index (χ0) is 27.7. The minimum Gasteiger partial charge on any atom is -0.465 e. The predicted molar refractivity (Wildman–Crippen MR) is 150 cm³/mol. The number of hydrogen-bond donors (Lipinski definition) is 1. The maximum Gasteiger partial charge on any atom is 0.337 e. The average Bonchev–Trinajstić information content (AvgIpc) is 2.94. The third-order valence-electron chi connectivity index (χ3n) is 5.67. The summed E-state index contributed by atoms with van der Waals surface area (Å²) in [6.45, 7) is 8.38. The molecule has 8 heteroatoms. The van der Waals surface area contributed by atoms with Crippen molar-refractivity contribution in [1.82, 2.24) is 9.13 Å². The van der Waals surface area contributed by atoms with E-state index in [1.54, 1.807) is 60.0 Å². The van der Waals surface area contributed by atoms with Crippen molar-refractivity contribution in [3.05, 3.63) is 116 Å². The first-order chi connectivity index (χ1) is 18.4. The number of aromatic nitrogens is 2. The minimum atomic E-state index is -0.443. The van der Waals surface area contributed by atoms with E-state index in [2.05, 4.69) is 5.32 Å². The second-order valence-electron chi connectivity index (χ2n) is 8.24. The molecule has 0 saturated heterocycles. The highest BCUT2D eigenvalue weighted by Crippen LogP contribution is 2.25. The van der Waals surface area contributed by atoms with Crippen molar-refractivity contribution in [3.8, 4) is 11.5 Å². The van der Waals surface area contributed by atoms with E-state index < -0.39 is 5.97 Å². The van der Waals surface area contributed by atoms with Crippen molar-refractivity contribution in [2.75, 3.05) is 12.4 Å². The quantitative estimate of drug-likeness (QED) is 0.301. The molecule has 1 aromatic heterocycles. The summed E-state index contributed by atoms with van der Waals surface area (Å²) in [4.78, 5) is 37.4. The molecule has 4 aromatic rings. The van der Waals surface area contributed by atoms with Gasteiger partial charge in [-0.1, -0.05) is 49.7 Å². The fourth-order valence-corrected chi connectivity index (χ4v) is 3.73. The highest BCUT2D eigenvalue weighted by Gasteiger charge is 2.12. The van der Waals surface area contributed by atoms with Gasteiger partial charge in [-0.3, -0.25) is 13.9 Å². The summed E-state index contributed by atoms with van der Waals surface area (Å²) >= 11 is 0. The van der Waals surface area contributed by atoms with Crippen LogP contribution in [-0.4, -0.2) is 22.2 Å². The van der Waals surface area contributed by atoms with Crippen molar-refractivity contribution in [1.29, 1.82) is 0 Å². The predicted octanol–water partition coefficient (Wildman–Crippen LogP) is 5.74. The number of benzene rings is 3. The Hall–Kier alpha value is -4.59. The number of nitrogens with one attached hydrogen (secondary N) is 1. The molecule has 1 N–H and O–H groups in total. The van der Waals surface area contributed by atoms with Gasteiger partial charge in [0.05, 0.1) is 19.2 Å². The van der Waals surface area contributed by atoms with Crippen LogP contribution in [0, 0.1) is 6.92 Å². The molecule has 0 bridgehead atoms. The number of ether oxygens (including phenoxy) is 2. The summed E-state index contributed by atoms with van der Waals surface area (Å²) in [7, 11) is 1.33. The Balaban J connectivity index is 0.00000195. The van der Waals surface area contributed by atoms with Gasteiger partial charge in [0.25, 0.3) is 5.56 Å². The summed E-state index contributed by atoms with van der Waals surface area (Å²) < 4.78 is 13.4. The fourth-order valence-electron chi connectivity index (χ4n) is 3.73. The Morgan fingerprint density at radius 1 is 0.868 bits per heavy atom. The number of aryl methyl sites for hydroxylation is 1. The second-order valence-corrected chi connectivity index (χ2v) is 8.24. The van der Waals surface area contributed by atoms with Gasteiger partial charge in [0.2, 0.25) is 0 Å². The van der Waals surface area contributed by atoms with Gasteiger partial charge in [-0.05, 0) is 61.9 Å². The van der Waals surface area contributed by atoms with Crippen LogP contribution in [0.3, 0.4) is 0 Å². The summed E-state index contributed by atoms with van der Waals surface area (Å²) in [6.07, 6.45) is 0. The van der Waals surface area contributed by atoms with Gasteiger partial charge >= 0.3 is 11.7 Å². The van der Waals surface area contributed by atoms with Crippen molar-refractivity contribution in [3.63, 3.8) is 0 Å². The highest BCUT2D eigenvalue weighted by molar-refractivity contribution is 5.89. The summed E-state index contributed by atoms with van der Waals surface area (Å²) in [5.41, 5.74) is 2.40. The topological polar surface area (TPSA) is 91.6 Å². The first kappa shape index (κ1) is 28.0. The lowest BCUT2D eigenvalue weighted by Crippen LogP contribution is -2.40. The van der Waals surface area contributed by atoms with E-state index in [0.29, 0.717) is 35.1 Å². The number of methoxy groups -OCH3 is 1. The number of esters is 1. The monoisotopic (exact) mass is 515 g/mol. The van der Waals surface area contributed by atoms with Gasteiger partial charge in [-0.2, -0.15) is 0 Å². The van der Waals surface area contributed by atoms with Gasteiger partial charge in [0.1, 0.15) is 17.3 Å². The standard InChI is InChI=1S/C28H27N3O5.C2H6/c1-4-30-26(32)17-25(31(28(30)34)18-20-10-8-19(2)9-11-20)29-22-12-14-23(15-13-22)36-24-7-5-6-21(16-24)27(33)35-3;1-2/h5-17,29H,4,18H2,1-3H3;1-2H3. The van der Waals surface area contributed by atoms with Gasteiger partial charge < -0.3 is 14.8 Å². The summed E-state index contributed by atoms with van der Waals surface area (Å²) in [6, 6.07) is 23.1. The Morgan fingerprint density at radius 3 is 2.18 bits per heavy atom. The molecule has 0 spiro atoms. The van der Waals surface area contributed by atoms with Crippen molar-refractivity contribution < 1.29 is 14.3 Å². The molecule has 0 aliphatic carbocycles. The minimum absolute atomic E-state index is 0.287. The molecule has 4 rings (SSSR count). The number of anilines is 2. The van der Waals surface area contributed by atoms with Crippen molar-refractivity contribution in [2.45, 2.75) is 40.8 Å². The molecule has 0 radical (unpaired) electrons. The molecule has 198 valence electrons. The lowest BCUT2D eigenvalue weighted by molar-refractivity contribution is 0.0600. The van der Waals surface area contributed by atoms with Crippen LogP contribution < -0.4 is 21.3 Å². The van der Waals surface area contributed by atoms with Crippen LogP contribution in [0.15, 0.2) is 88.5 Å². The summed E-state index contributed by atoms with van der Waals surface area (Å²) in [5, 5.41) is 3.19. The lowest BCUT2D eigenvalue weighted by Gasteiger charge is -2.17. The molecular formula is C30H33N3O5. The smallest absolute Gasteiger partial charge is 0.337 e. The van der Waals surface area contributed by atoms with E-state index in [-0.39, 0.29) is 17.8 Å². The van der Waals surface area contributed by atoms with Crippen LogP contribution in [0.25, 0.3) is 0 Å². The molecule has 0 aliphatic heterocycles. The van der Waals surface area contributed by atoms with E-state index in [9.17, 15) is 14.4 Å². The van der Waals surface area contributed by atoms with E-state index >= 15 is 0 Å². The zero-order valence-electron chi connectivity index (χ0n) is 22.4. The molecule has 0 aliphatic rings. The molecule has 3 aromatic carbocycles. The van der Waals surface area contributed by atoms with Gasteiger partial charge in [-0.25, -0.2) is 9.59 Å². The van der Waals surface area contributed by atoms with E-state index in [1.165, 1.54) is 17.7 Å². The van der Waals surface area contributed by atoms with E-state index in [4.69, 9.17) is 9.47 Å². The van der Waals surface area contributed by atoms with Crippen molar-refractivity contribution >= 4 is 17.5 Å². The lowest BCUT2D eigenvalue weighted by atomic mass is 10.1. The number of carbonyl (C=O) groups excluding carboxylic acids is 1. The molecule has 0 atom stereocenters. The maximum absolute atomic E-state index is 13.1. The molecular weight excluding hydrogens is 482 g/mol. The van der Waals surface area contributed by atoms with Gasteiger partial charge in [-0.15, -0.1) is 0 Å². The summed E-state index contributed by atoms with van der Waals surface area (Å²) in [5.74, 6) is 1.01. The fraction of sp³-hybridized carbons (Fsp3) is 0.233. The molecule has 0 fully saturated rings.